The maximum Gasteiger partial charge on any atom is 0.251 e. The Morgan fingerprint density at radius 1 is 1.30 bits per heavy atom. The number of hydrogen-bond donors (Lipinski definition) is 2. The molecule has 0 spiro atoms. The van der Waals surface area contributed by atoms with E-state index in [9.17, 15) is 4.79 Å². The van der Waals surface area contributed by atoms with Gasteiger partial charge in [-0.1, -0.05) is 0 Å². The quantitative estimate of drug-likeness (QED) is 0.776. The van der Waals surface area contributed by atoms with Gasteiger partial charge in [0, 0.05) is 17.8 Å². The van der Waals surface area contributed by atoms with Gasteiger partial charge < -0.3 is 15.1 Å². The average Bonchev–Trinajstić information content (AvgIpc) is 2.83. The highest BCUT2D eigenvalue weighted by atomic mass is 127. The van der Waals surface area contributed by atoms with Crippen LogP contribution in [-0.4, -0.2) is 12.5 Å². The average molecular weight is 384 g/mol. The molecule has 4 nitrogen and oxygen atoms in total. The molecule has 2 N–H and O–H groups in total. The van der Waals surface area contributed by atoms with E-state index in [1.165, 1.54) is 0 Å². The smallest absolute Gasteiger partial charge is 0.251 e. The number of halogens is 1. The van der Waals surface area contributed by atoms with Crippen LogP contribution in [0.2, 0.25) is 0 Å². The SMILES string of the molecule is CCNC(=O)c1ccc(NCc2ccc(I)o2)c(C)c1. The maximum absolute atomic E-state index is 11.7. The lowest BCUT2D eigenvalue weighted by molar-refractivity contribution is 0.0956. The Hall–Kier alpha value is -1.50. The van der Waals surface area contributed by atoms with Gasteiger partial charge in [0.1, 0.15) is 5.76 Å². The molecule has 2 rings (SSSR count). The highest BCUT2D eigenvalue weighted by Crippen LogP contribution is 2.18. The van der Waals surface area contributed by atoms with Gasteiger partial charge in [0.05, 0.1) is 6.54 Å². The zero-order valence-electron chi connectivity index (χ0n) is 11.5. The molecule has 1 heterocycles. The number of anilines is 1. The first-order valence-corrected chi connectivity index (χ1v) is 7.55. The summed E-state index contributed by atoms with van der Waals surface area (Å²) < 4.78 is 6.38. The second-order valence-corrected chi connectivity index (χ2v) is 5.51. The fraction of sp³-hybridized carbons (Fsp3) is 0.267. The number of rotatable bonds is 5. The van der Waals surface area contributed by atoms with E-state index in [2.05, 4.69) is 33.2 Å². The summed E-state index contributed by atoms with van der Waals surface area (Å²) in [5.74, 6) is 0.851. The number of furan rings is 1. The van der Waals surface area contributed by atoms with Crippen LogP contribution in [0, 0.1) is 10.7 Å². The van der Waals surface area contributed by atoms with Crippen molar-refractivity contribution in [3.8, 4) is 0 Å². The van der Waals surface area contributed by atoms with Crippen molar-refractivity contribution < 1.29 is 9.21 Å². The van der Waals surface area contributed by atoms with Crippen molar-refractivity contribution in [3.63, 3.8) is 0 Å². The van der Waals surface area contributed by atoms with Gasteiger partial charge in [-0.25, -0.2) is 0 Å². The molecule has 20 heavy (non-hydrogen) atoms. The molecule has 0 aliphatic carbocycles. The van der Waals surface area contributed by atoms with Crippen LogP contribution >= 0.6 is 22.6 Å². The predicted molar refractivity (Wildman–Crippen MR) is 87.9 cm³/mol. The molecule has 2 aromatic rings. The molecule has 0 saturated heterocycles. The van der Waals surface area contributed by atoms with Crippen LogP contribution in [0.5, 0.6) is 0 Å². The lowest BCUT2D eigenvalue weighted by atomic mass is 10.1. The number of aryl methyl sites for hydroxylation is 1. The van der Waals surface area contributed by atoms with Crippen molar-refractivity contribution in [2.45, 2.75) is 20.4 Å². The van der Waals surface area contributed by atoms with Gasteiger partial charge in [0.2, 0.25) is 0 Å². The van der Waals surface area contributed by atoms with E-state index in [0.29, 0.717) is 18.7 Å². The Labute approximate surface area is 132 Å². The molecule has 1 aromatic carbocycles. The van der Waals surface area contributed by atoms with E-state index in [1.54, 1.807) is 0 Å². The second kappa shape index (κ2) is 6.78. The topological polar surface area (TPSA) is 54.3 Å². The van der Waals surface area contributed by atoms with E-state index in [4.69, 9.17) is 4.42 Å². The first-order valence-electron chi connectivity index (χ1n) is 6.47. The van der Waals surface area contributed by atoms with Crippen LogP contribution < -0.4 is 10.6 Å². The number of nitrogens with one attached hydrogen (secondary N) is 2. The normalized spacial score (nSPS) is 10.3. The fourth-order valence-corrected chi connectivity index (χ4v) is 2.36. The Bertz CT molecular complexity index is 608. The van der Waals surface area contributed by atoms with E-state index >= 15 is 0 Å². The van der Waals surface area contributed by atoms with Crippen LogP contribution in [0.15, 0.2) is 34.7 Å². The summed E-state index contributed by atoms with van der Waals surface area (Å²) in [6.07, 6.45) is 0. The second-order valence-electron chi connectivity index (χ2n) is 4.45. The maximum atomic E-state index is 11.7. The minimum atomic E-state index is -0.0391. The van der Waals surface area contributed by atoms with Gasteiger partial charge in [-0.05, 0) is 72.3 Å². The molecular formula is C15H17IN2O2. The summed E-state index contributed by atoms with van der Waals surface area (Å²) in [7, 11) is 0. The molecular weight excluding hydrogens is 367 g/mol. The third-order valence-electron chi connectivity index (χ3n) is 2.91. The van der Waals surface area contributed by atoms with Crippen molar-refractivity contribution in [3.05, 3.63) is 51.0 Å². The van der Waals surface area contributed by atoms with Gasteiger partial charge in [-0.2, -0.15) is 0 Å². The van der Waals surface area contributed by atoms with Crippen molar-refractivity contribution >= 4 is 34.2 Å². The minimum absolute atomic E-state index is 0.0391. The Kier molecular flexibility index (Phi) is 5.05. The van der Waals surface area contributed by atoms with Crippen LogP contribution in [0.4, 0.5) is 5.69 Å². The summed E-state index contributed by atoms with van der Waals surface area (Å²) in [4.78, 5) is 11.7. The molecule has 0 aliphatic rings. The number of benzene rings is 1. The largest absolute Gasteiger partial charge is 0.454 e. The number of carbonyl (C=O) groups excluding carboxylic acids is 1. The summed E-state index contributed by atoms with van der Waals surface area (Å²) in [5.41, 5.74) is 2.72. The van der Waals surface area contributed by atoms with Gasteiger partial charge >= 0.3 is 0 Å². The standard InChI is InChI=1S/C15H17IN2O2/c1-3-17-15(19)11-4-6-13(10(2)8-11)18-9-12-5-7-14(16)20-12/h4-8,18H,3,9H2,1-2H3,(H,17,19). The molecule has 0 radical (unpaired) electrons. The lowest BCUT2D eigenvalue weighted by Crippen LogP contribution is -2.22. The van der Waals surface area contributed by atoms with Crippen LogP contribution in [0.3, 0.4) is 0 Å². The molecule has 0 fully saturated rings. The van der Waals surface area contributed by atoms with E-state index in [-0.39, 0.29) is 5.91 Å². The summed E-state index contributed by atoms with van der Waals surface area (Å²) in [6.45, 7) is 5.15. The number of carbonyl (C=O) groups is 1. The molecule has 106 valence electrons. The summed E-state index contributed by atoms with van der Waals surface area (Å²) in [5, 5.41) is 6.11. The molecule has 0 unspecified atom stereocenters. The zero-order chi connectivity index (χ0) is 14.5. The Balaban J connectivity index is 2.04. The van der Waals surface area contributed by atoms with E-state index < -0.39 is 0 Å². The highest BCUT2D eigenvalue weighted by molar-refractivity contribution is 14.1. The summed E-state index contributed by atoms with van der Waals surface area (Å²) in [6, 6.07) is 9.52. The molecule has 5 heteroatoms. The van der Waals surface area contributed by atoms with Crippen molar-refractivity contribution in [2.24, 2.45) is 0 Å². The predicted octanol–water partition coefficient (Wildman–Crippen LogP) is 3.55. The highest BCUT2D eigenvalue weighted by Gasteiger charge is 2.07. The van der Waals surface area contributed by atoms with Crippen LogP contribution in [0.1, 0.15) is 28.6 Å². The molecule has 0 atom stereocenters. The third-order valence-corrected chi connectivity index (χ3v) is 3.49. The molecule has 1 amide bonds. The van der Waals surface area contributed by atoms with Gasteiger partial charge in [-0.3, -0.25) is 4.79 Å². The van der Waals surface area contributed by atoms with Gasteiger partial charge in [0.25, 0.3) is 5.91 Å². The lowest BCUT2D eigenvalue weighted by Gasteiger charge is -2.10. The number of amides is 1. The molecule has 0 aliphatic heterocycles. The van der Waals surface area contributed by atoms with E-state index in [1.807, 2.05) is 44.2 Å². The first-order chi connectivity index (χ1) is 9.60. The van der Waals surface area contributed by atoms with Crippen LogP contribution in [0.25, 0.3) is 0 Å². The Morgan fingerprint density at radius 2 is 2.10 bits per heavy atom. The zero-order valence-corrected chi connectivity index (χ0v) is 13.7. The van der Waals surface area contributed by atoms with Gasteiger partial charge in [-0.15, -0.1) is 0 Å². The van der Waals surface area contributed by atoms with E-state index in [0.717, 1.165) is 20.8 Å². The molecule has 0 bridgehead atoms. The van der Waals surface area contributed by atoms with Crippen molar-refractivity contribution in [2.75, 3.05) is 11.9 Å². The monoisotopic (exact) mass is 384 g/mol. The molecule has 1 aromatic heterocycles. The minimum Gasteiger partial charge on any atom is -0.454 e. The van der Waals surface area contributed by atoms with Crippen molar-refractivity contribution in [1.82, 2.24) is 5.32 Å². The third kappa shape index (κ3) is 3.75. The fourth-order valence-electron chi connectivity index (χ4n) is 1.89. The first kappa shape index (κ1) is 14.9. The Morgan fingerprint density at radius 3 is 2.70 bits per heavy atom. The molecule has 0 saturated carbocycles. The number of hydrogen-bond acceptors (Lipinski definition) is 3. The summed E-state index contributed by atoms with van der Waals surface area (Å²) >= 11 is 2.14. The van der Waals surface area contributed by atoms with Gasteiger partial charge in [0.15, 0.2) is 3.77 Å². The van der Waals surface area contributed by atoms with Crippen LogP contribution in [-0.2, 0) is 6.54 Å². The van der Waals surface area contributed by atoms with Crippen molar-refractivity contribution in [1.29, 1.82) is 0 Å².